The predicted octanol–water partition coefficient (Wildman–Crippen LogP) is 3.40. The normalized spacial score (nSPS) is 10.3. The van der Waals surface area contributed by atoms with Crippen LogP contribution in [-0.2, 0) is 0 Å². The van der Waals surface area contributed by atoms with Gasteiger partial charge >= 0.3 is 0 Å². The summed E-state index contributed by atoms with van der Waals surface area (Å²) in [7, 11) is 0. The van der Waals surface area contributed by atoms with Crippen LogP contribution in [0.2, 0.25) is 0 Å². The van der Waals surface area contributed by atoms with E-state index in [0.717, 1.165) is 15.6 Å². The van der Waals surface area contributed by atoms with Gasteiger partial charge in [0.15, 0.2) is 0 Å². The van der Waals surface area contributed by atoms with Crippen LogP contribution in [0.25, 0.3) is 11.1 Å². The van der Waals surface area contributed by atoms with Crippen LogP contribution >= 0.6 is 15.9 Å². The highest BCUT2D eigenvalue weighted by Gasteiger charge is 2.01. The Kier molecular flexibility index (Phi) is 2.73. The van der Waals surface area contributed by atoms with E-state index < -0.39 is 0 Å². The molecule has 0 saturated heterocycles. The van der Waals surface area contributed by atoms with Crippen LogP contribution in [0.1, 0.15) is 5.56 Å². The van der Waals surface area contributed by atoms with Gasteiger partial charge in [-0.3, -0.25) is 0 Å². The predicted molar refractivity (Wildman–Crippen MR) is 66.5 cm³/mol. The molecule has 1 aromatic heterocycles. The largest absolute Gasteiger partial charge is 0.384 e. The summed E-state index contributed by atoms with van der Waals surface area (Å²) in [6, 6.07) is 10.1. The zero-order valence-electron chi connectivity index (χ0n) is 8.37. The molecule has 0 amide bonds. The molecule has 2 N–H and O–H groups in total. The lowest BCUT2D eigenvalue weighted by Crippen LogP contribution is -1.89. The van der Waals surface area contributed by atoms with E-state index in [-0.39, 0.29) is 0 Å². The van der Waals surface area contributed by atoms with Gasteiger partial charge in [0.25, 0.3) is 0 Å². The first-order chi connectivity index (χ1) is 7.16. The Morgan fingerprint density at radius 2 is 1.87 bits per heavy atom. The molecule has 1 aromatic carbocycles. The van der Waals surface area contributed by atoms with Crippen molar-refractivity contribution in [2.24, 2.45) is 0 Å². The van der Waals surface area contributed by atoms with E-state index in [1.54, 1.807) is 6.20 Å². The first kappa shape index (κ1) is 10.2. The van der Waals surface area contributed by atoms with Crippen molar-refractivity contribution in [1.82, 2.24) is 4.98 Å². The van der Waals surface area contributed by atoms with E-state index in [2.05, 4.69) is 46.0 Å². The Labute approximate surface area is 97.3 Å². The molecule has 0 fully saturated rings. The molecule has 1 heterocycles. The number of nitrogens with zero attached hydrogens (tertiary/aromatic N) is 1. The second-order valence-corrected chi connectivity index (χ2v) is 4.29. The number of nitrogens with two attached hydrogens (primary N) is 1. The fourth-order valence-electron chi connectivity index (χ4n) is 1.40. The van der Waals surface area contributed by atoms with Crippen LogP contribution < -0.4 is 5.73 Å². The number of hydrogen-bond donors (Lipinski definition) is 1. The topological polar surface area (TPSA) is 38.9 Å². The summed E-state index contributed by atoms with van der Waals surface area (Å²) < 4.78 is 1.11. The second-order valence-electron chi connectivity index (χ2n) is 3.43. The molecule has 15 heavy (non-hydrogen) atoms. The third-order valence-corrected chi connectivity index (χ3v) is 3.14. The highest BCUT2D eigenvalue weighted by Crippen LogP contribution is 2.25. The monoisotopic (exact) mass is 262 g/mol. The van der Waals surface area contributed by atoms with Gasteiger partial charge in [0, 0.05) is 10.7 Å². The maximum absolute atomic E-state index is 5.64. The molecule has 0 saturated carbocycles. The summed E-state index contributed by atoms with van der Waals surface area (Å²) in [5.74, 6) is 0.546. The van der Waals surface area contributed by atoms with Gasteiger partial charge in [-0.2, -0.15) is 0 Å². The number of aromatic nitrogens is 1. The number of nitrogen functional groups attached to an aromatic ring is 1. The number of aryl methyl sites for hydroxylation is 1. The summed E-state index contributed by atoms with van der Waals surface area (Å²) in [6.07, 6.45) is 1.72. The van der Waals surface area contributed by atoms with Crippen LogP contribution in [0.3, 0.4) is 0 Å². The smallest absolute Gasteiger partial charge is 0.123 e. The standard InChI is InChI=1S/C12H11BrN2/c1-8-2-3-9(6-11(8)13)10-4-5-15-12(14)7-10/h2-7H,1H3,(H2,14,15). The molecular formula is C12H11BrN2. The Balaban J connectivity index is 2.50. The molecule has 0 aliphatic carbocycles. The number of benzene rings is 1. The van der Waals surface area contributed by atoms with E-state index >= 15 is 0 Å². The molecule has 0 bridgehead atoms. The van der Waals surface area contributed by atoms with Crippen LogP contribution in [0.15, 0.2) is 41.0 Å². The number of hydrogen-bond acceptors (Lipinski definition) is 2. The van der Waals surface area contributed by atoms with Crippen molar-refractivity contribution in [3.05, 3.63) is 46.6 Å². The van der Waals surface area contributed by atoms with Gasteiger partial charge in [-0.1, -0.05) is 28.1 Å². The average molecular weight is 263 g/mol. The zero-order chi connectivity index (χ0) is 10.8. The first-order valence-electron chi connectivity index (χ1n) is 4.65. The van der Waals surface area contributed by atoms with Crippen molar-refractivity contribution in [1.29, 1.82) is 0 Å². The lowest BCUT2D eigenvalue weighted by Gasteiger charge is -2.04. The van der Waals surface area contributed by atoms with Gasteiger partial charge in [0.1, 0.15) is 5.82 Å². The van der Waals surface area contributed by atoms with Crippen molar-refractivity contribution >= 4 is 21.7 Å². The second kappa shape index (κ2) is 4.03. The molecule has 2 aromatic rings. The molecule has 2 nitrogen and oxygen atoms in total. The van der Waals surface area contributed by atoms with Crippen LogP contribution in [0, 0.1) is 6.92 Å². The van der Waals surface area contributed by atoms with E-state index in [0.29, 0.717) is 5.82 Å². The van der Waals surface area contributed by atoms with Gasteiger partial charge in [0.05, 0.1) is 0 Å². The Bertz CT molecular complexity index is 495. The third kappa shape index (κ3) is 2.18. The van der Waals surface area contributed by atoms with Crippen molar-refractivity contribution in [2.75, 3.05) is 5.73 Å². The summed E-state index contributed by atoms with van der Waals surface area (Å²) in [4.78, 5) is 3.97. The maximum Gasteiger partial charge on any atom is 0.123 e. The van der Waals surface area contributed by atoms with Gasteiger partial charge in [-0.05, 0) is 41.8 Å². The number of halogens is 1. The molecule has 0 aliphatic rings. The molecule has 2 rings (SSSR count). The summed E-state index contributed by atoms with van der Waals surface area (Å²) in [6.45, 7) is 2.06. The molecule has 0 atom stereocenters. The van der Waals surface area contributed by atoms with Gasteiger partial charge in [-0.15, -0.1) is 0 Å². The third-order valence-electron chi connectivity index (χ3n) is 2.29. The Hall–Kier alpha value is -1.35. The quantitative estimate of drug-likeness (QED) is 0.856. The van der Waals surface area contributed by atoms with Crippen molar-refractivity contribution in [3.63, 3.8) is 0 Å². The maximum atomic E-state index is 5.64. The zero-order valence-corrected chi connectivity index (χ0v) is 9.95. The van der Waals surface area contributed by atoms with Gasteiger partial charge < -0.3 is 5.73 Å². The highest BCUT2D eigenvalue weighted by molar-refractivity contribution is 9.10. The number of anilines is 1. The fourth-order valence-corrected chi connectivity index (χ4v) is 1.78. The lowest BCUT2D eigenvalue weighted by molar-refractivity contribution is 1.33. The van der Waals surface area contributed by atoms with E-state index in [1.807, 2.05) is 12.1 Å². The highest BCUT2D eigenvalue weighted by atomic mass is 79.9. The minimum absolute atomic E-state index is 0.546. The van der Waals surface area contributed by atoms with Crippen LogP contribution in [0.5, 0.6) is 0 Å². The number of rotatable bonds is 1. The van der Waals surface area contributed by atoms with Crippen molar-refractivity contribution in [2.45, 2.75) is 6.92 Å². The summed E-state index contributed by atoms with van der Waals surface area (Å²) >= 11 is 3.51. The lowest BCUT2D eigenvalue weighted by atomic mass is 10.1. The van der Waals surface area contributed by atoms with E-state index in [4.69, 9.17) is 5.73 Å². The molecule has 76 valence electrons. The molecule has 0 aliphatic heterocycles. The van der Waals surface area contributed by atoms with E-state index in [1.165, 1.54) is 5.56 Å². The summed E-state index contributed by atoms with van der Waals surface area (Å²) in [5.41, 5.74) is 9.09. The fraction of sp³-hybridized carbons (Fsp3) is 0.0833. The molecule has 3 heteroatoms. The van der Waals surface area contributed by atoms with E-state index in [9.17, 15) is 0 Å². The molecular weight excluding hydrogens is 252 g/mol. The molecule has 0 radical (unpaired) electrons. The average Bonchev–Trinajstić information content (AvgIpc) is 2.22. The minimum Gasteiger partial charge on any atom is -0.384 e. The molecule has 0 unspecified atom stereocenters. The van der Waals surface area contributed by atoms with Gasteiger partial charge in [0.2, 0.25) is 0 Å². The van der Waals surface area contributed by atoms with Crippen LogP contribution in [-0.4, -0.2) is 4.98 Å². The van der Waals surface area contributed by atoms with Gasteiger partial charge in [-0.25, -0.2) is 4.98 Å². The van der Waals surface area contributed by atoms with Crippen molar-refractivity contribution in [3.8, 4) is 11.1 Å². The SMILES string of the molecule is Cc1ccc(-c2ccnc(N)c2)cc1Br. The van der Waals surface area contributed by atoms with Crippen molar-refractivity contribution < 1.29 is 0 Å². The minimum atomic E-state index is 0.546. The molecule has 0 spiro atoms. The summed E-state index contributed by atoms with van der Waals surface area (Å²) in [5, 5.41) is 0. The first-order valence-corrected chi connectivity index (χ1v) is 5.44. The number of pyridine rings is 1. The van der Waals surface area contributed by atoms with Crippen LogP contribution in [0.4, 0.5) is 5.82 Å². The Morgan fingerprint density at radius 1 is 1.13 bits per heavy atom. The Morgan fingerprint density at radius 3 is 2.53 bits per heavy atom.